The van der Waals surface area contributed by atoms with Crippen molar-refractivity contribution >= 4 is 17.2 Å². The fourth-order valence-electron chi connectivity index (χ4n) is 4.04. The lowest BCUT2D eigenvalue weighted by atomic mass is 9.93. The van der Waals surface area contributed by atoms with Gasteiger partial charge in [-0.05, 0) is 37.6 Å². The molecule has 1 atom stereocenters. The third-order valence-corrected chi connectivity index (χ3v) is 5.44. The van der Waals surface area contributed by atoms with Crippen molar-refractivity contribution < 1.29 is 9.47 Å². The molecule has 3 heterocycles. The first-order valence-corrected chi connectivity index (χ1v) is 9.99. The van der Waals surface area contributed by atoms with Gasteiger partial charge in [-0.1, -0.05) is 48.5 Å². The molecule has 5 heteroatoms. The lowest BCUT2D eigenvalue weighted by Crippen LogP contribution is -2.28. The lowest BCUT2D eigenvalue weighted by molar-refractivity contribution is 0.152. The summed E-state index contributed by atoms with van der Waals surface area (Å²) in [6.07, 6.45) is 7.77. The van der Waals surface area contributed by atoms with Gasteiger partial charge in [-0.2, -0.15) is 0 Å². The summed E-state index contributed by atoms with van der Waals surface area (Å²) in [5, 5.41) is 0. The van der Waals surface area contributed by atoms with Gasteiger partial charge in [0, 0.05) is 17.3 Å². The molecular weight excluding hydrogens is 374 g/mol. The SMILES string of the molecule is COc1c(C(c2ccccc2)n2cnc3ncccc32)ccc2c1OC(C)(C)C=C2. The van der Waals surface area contributed by atoms with Crippen LogP contribution in [0.5, 0.6) is 11.5 Å². The molecule has 0 bridgehead atoms. The fraction of sp³-hybridized carbons (Fsp3) is 0.200. The van der Waals surface area contributed by atoms with Gasteiger partial charge in [0.25, 0.3) is 0 Å². The number of aromatic nitrogens is 3. The van der Waals surface area contributed by atoms with Crippen molar-refractivity contribution in [2.45, 2.75) is 25.5 Å². The molecule has 1 aliphatic rings. The Morgan fingerprint density at radius 1 is 1.00 bits per heavy atom. The van der Waals surface area contributed by atoms with Crippen molar-refractivity contribution in [3.05, 3.63) is 89.9 Å². The van der Waals surface area contributed by atoms with Crippen LogP contribution in [-0.4, -0.2) is 27.2 Å². The summed E-state index contributed by atoms with van der Waals surface area (Å²) in [4.78, 5) is 8.93. The zero-order valence-corrected chi connectivity index (χ0v) is 17.2. The van der Waals surface area contributed by atoms with Crippen LogP contribution in [-0.2, 0) is 0 Å². The number of rotatable bonds is 4. The van der Waals surface area contributed by atoms with Gasteiger partial charge in [0.05, 0.1) is 25.0 Å². The maximum absolute atomic E-state index is 6.32. The van der Waals surface area contributed by atoms with E-state index in [9.17, 15) is 0 Å². The molecule has 0 saturated carbocycles. The van der Waals surface area contributed by atoms with E-state index in [-0.39, 0.29) is 6.04 Å². The first-order chi connectivity index (χ1) is 14.6. The van der Waals surface area contributed by atoms with Crippen LogP contribution in [0.25, 0.3) is 17.2 Å². The van der Waals surface area contributed by atoms with Gasteiger partial charge in [0.2, 0.25) is 0 Å². The highest BCUT2D eigenvalue weighted by Crippen LogP contribution is 2.45. The summed E-state index contributed by atoms with van der Waals surface area (Å²) in [5.74, 6) is 1.51. The molecular formula is C25H23N3O2. The third-order valence-electron chi connectivity index (χ3n) is 5.44. The van der Waals surface area contributed by atoms with Crippen LogP contribution in [0.2, 0.25) is 0 Å². The highest BCUT2D eigenvalue weighted by atomic mass is 16.5. The number of nitrogens with zero attached hydrogens (tertiary/aromatic N) is 3. The predicted molar refractivity (Wildman–Crippen MR) is 118 cm³/mol. The highest BCUT2D eigenvalue weighted by Gasteiger charge is 2.30. The van der Waals surface area contributed by atoms with Crippen molar-refractivity contribution in [3.63, 3.8) is 0 Å². The quantitative estimate of drug-likeness (QED) is 0.471. The van der Waals surface area contributed by atoms with E-state index < -0.39 is 5.60 Å². The Bertz CT molecular complexity index is 1240. The van der Waals surface area contributed by atoms with E-state index in [2.05, 4.69) is 51.0 Å². The van der Waals surface area contributed by atoms with Crippen LogP contribution < -0.4 is 9.47 Å². The fourth-order valence-corrected chi connectivity index (χ4v) is 4.04. The van der Waals surface area contributed by atoms with Gasteiger partial charge in [-0.3, -0.25) is 0 Å². The molecule has 5 rings (SSSR count). The molecule has 0 radical (unpaired) electrons. The molecule has 0 amide bonds. The number of benzene rings is 2. The molecule has 0 saturated heterocycles. The van der Waals surface area contributed by atoms with E-state index in [1.54, 1.807) is 13.3 Å². The van der Waals surface area contributed by atoms with E-state index in [0.717, 1.165) is 39.4 Å². The Balaban J connectivity index is 1.77. The maximum atomic E-state index is 6.32. The average molecular weight is 397 g/mol. The third kappa shape index (κ3) is 3.03. The Morgan fingerprint density at radius 2 is 1.83 bits per heavy atom. The van der Waals surface area contributed by atoms with Crippen molar-refractivity contribution in [1.29, 1.82) is 0 Å². The number of imidazole rings is 1. The monoisotopic (exact) mass is 397 g/mol. The van der Waals surface area contributed by atoms with Crippen LogP contribution in [0.15, 0.2) is 73.2 Å². The number of methoxy groups -OCH3 is 1. The Kier molecular flexibility index (Phi) is 4.31. The summed E-state index contributed by atoms with van der Waals surface area (Å²) in [7, 11) is 1.70. The Labute approximate surface area is 175 Å². The molecule has 4 aromatic rings. The largest absolute Gasteiger partial charge is 0.492 e. The van der Waals surface area contributed by atoms with Crippen molar-refractivity contribution in [3.8, 4) is 11.5 Å². The molecule has 0 fully saturated rings. The van der Waals surface area contributed by atoms with Gasteiger partial charge < -0.3 is 14.0 Å². The summed E-state index contributed by atoms with van der Waals surface area (Å²) < 4.78 is 14.4. The van der Waals surface area contributed by atoms with E-state index >= 15 is 0 Å². The minimum atomic E-state index is -0.396. The second-order valence-electron chi connectivity index (χ2n) is 7.96. The van der Waals surface area contributed by atoms with Gasteiger partial charge in [0.1, 0.15) is 5.60 Å². The molecule has 5 nitrogen and oxygen atoms in total. The van der Waals surface area contributed by atoms with Crippen LogP contribution in [0.3, 0.4) is 0 Å². The number of ether oxygens (including phenoxy) is 2. The molecule has 150 valence electrons. The van der Waals surface area contributed by atoms with Crippen molar-refractivity contribution in [1.82, 2.24) is 14.5 Å². The van der Waals surface area contributed by atoms with Crippen molar-refractivity contribution in [2.24, 2.45) is 0 Å². The van der Waals surface area contributed by atoms with Gasteiger partial charge >= 0.3 is 0 Å². The van der Waals surface area contributed by atoms with E-state index in [4.69, 9.17) is 9.47 Å². The molecule has 0 aliphatic carbocycles. The van der Waals surface area contributed by atoms with E-state index in [0.29, 0.717) is 0 Å². The molecule has 1 unspecified atom stereocenters. The smallest absolute Gasteiger partial charge is 0.177 e. The number of hydrogen-bond donors (Lipinski definition) is 0. The maximum Gasteiger partial charge on any atom is 0.177 e. The molecule has 0 N–H and O–H groups in total. The second kappa shape index (κ2) is 7.02. The first-order valence-electron chi connectivity index (χ1n) is 9.99. The first kappa shape index (κ1) is 18.4. The average Bonchev–Trinajstić information content (AvgIpc) is 3.18. The molecule has 30 heavy (non-hydrogen) atoms. The molecule has 2 aromatic carbocycles. The predicted octanol–water partition coefficient (Wildman–Crippen LogP) is 5.26. The van der Waals surface area contributed by atoms with Crippen LogP contribution in [0, 0.1) is 0 Å². The summed E-state index contributed by atoms with van der Waals surface area (Å²) in [5.41, 5.74) is 4.44. The van der Waals surface area contributed by atoms with Crippen LogP contribution >= 0.6 is 0 Å². The zero-order valence-electron chi connectivity index (χ0n) is 17.2. The normalized spacial score (nSPS) is 15.4. The van der Waals surface area contributed by atoms with Crippen LogP contribution in [0.1, 0.15) is 36.6 Å². The molecule has 1 aliphatic heterocycles. The van der Waals surface area contributed by atoms with Gasteiger partial charge in [0.15, 0.2) is 17.1 Å². The van der Waals surface area contributed by atoms with Crippen LogP contribution in [0.4, 0.5) is 0 Å². The lowest BCUT2D eigenvalue weighted by Gasteiger charge is -2.31. The zero-order chi connectivity index (χ0) is 20.7. The Morgan fingerprint density at radius 3 is 2.63 bits per heavy atom. The second-order valence-corrected chi connectivity index (χ2v) is 7.96. The number of pyridine rings is 1. The highest BCUT2D eigenvalue weighted by molar-refractivity contribution is 5.72. The molecule has 0 spiro atoms. The van der Waals surface area contributed by atoms with E-state index in [1.807, 2.05) is 50.5 Å². The minimum Gasteiger partial charge on any atom is -0.492 e. The van der Waals surface area contributed by atoms with E-state index in [1.165, 1.54) is 0 Å². The van der Waals surface area contributed by atoms with Crippen molar-refractivity contribution in [2.75, 3.05) is 7.11 Å². The summed E-state index contributed by atoms with van der Waals surface area (Å²) >= 11 is 0. The Hall–Kier alpha value is -3.60. The number of fused-ring (bicyclic) bond motifs is 2. The van der Waals surface area contributed by atoms with Gasteiger partial charge in [-0.15, -0.1) is 0 Å². The molecule has 2 aromatic heterocycles. The number of hydrogen-bond acceptors (Lipinski definition) is 4. The topological polar surface area (TPSA) is 49.2 Å². The summed E-state index contributed by atoms with van der Waals surface area (Å²) in [6, 6.07) is 18.4. The summed E-state index contributed by atoms with van der Waals surface area (Å²) in [6.45, 7) is 4.09. The van der Waals surface area contributed by atoms with Gasteiger partial charge in [-0.25, -0.2) is 9.97 Å². The standard InChI is InChI=1S/C25H23N3O2/c1-25(2)14-13-18-11-12-19(23(29-3)22(18)30-25)21(17-8-5-4-6-9-17)28-16-27-24-20(28)10-7-15-26-24/h4-16,21H,1-3H3. The minimum absolute atomic E-state index is 0.140.